The van der Waals surface area contributed by atoms with Crippen LogP contribution < -0.4 is 24.4 Å². The second-order valence-corrected chi connectivity index (χ2v) is 11.8. The lowest BCUT2D eigenvalue weighted by Gasteiger charge is -2.26. The zero-order valence-electron chi connectivity index (χ0n) is 25.0. The first-order chi connectivity index (χ1) is 21.6. The molecule has 1 aliphatic heterocycles. The van der Waals surface area contributed by atoms with Gasteiger partial charge in [-0.1, -0.05) is 41.1 Å². The summed E-state index contributed by atoms with van der Waals surface area (Å²) in [6.45, 7) is 7.55. The average Bonchev–Trinajstić information content (AvgIpc) is 3.30. The van der Waals surface area contributed by atoms with Gasteiger partial charge < -0.3 is 14.2 Å². The van der Waals surface area contributed by atoms with Crippen molar-refractivity contribution in [2.45, 2.75) is 46.4 Å². The Morgan fingerprint density at radius 1 is 1.13 bits per heavy atom. The first kappa shape index (κ1) is 31.7. The van der Waals surface area contributed by atoms with Gasteiger partial charge in [0, 0.05) is 28.3 Å². The minimum Gasteiger partial charge on any atom is -0.491 e. The van der Waals surface area contributed by atoms with Crippen LogP contribution >= 0.6 is 22.9 Å². The predicted octanol–water partition coefficient (Wildman–Crippen LogP) is 5.73. The van der Waals surface area contributed by atoms with E-state index in [0.717, 1.165) is 5.56 Å². The van der Waals surface area contributed by atoms with Crippen molar-refractivity contribution in [1.82, 2.24) is 4.57 Å². The van der Waals surface area contributed by atoms with Crippen LogP contribution in [0.15, 0.2) is 87.8 Å². The van der Waals surface area contributed by atoms with Gasteiger partial charge in [-0.25, -0.2) is 9.79 Å². The Kier molecular flexibility index (Phi) is 9.50. The maximum absolute atomic E-state index is 14.2. The Balaban J connectivity index is 1.61. The molecule has 3 aromatic carbocycles. The molecule has 0 saturated carbocycles. The fourth-order valence-electron chi connectivity index (χ4n) is 4.93. The van der Waals surface area contributed by atoms with E-state index in [4.69, 9.17) is 25.8 Å². The number of carbonyl (C=O) groups is 1. The third-order valence-electron chi connectivity index (χ3n) is 6.89. The Hall–Kier alpha value is -4.74. The average molecular weight is 648 g/mol. The Labute approximate surface area is 267 Å². The first-order valence-electron chi connectivity index (χ1n) is 14.2. The van der Waals surface area contributed by atoms with Crippen LogP contribution in [0.1, 0.15) is 50.4 Å². The molecular weight excluding hydrogens is 618 g/mol. The highest BCUT2D eigenvalue weighted by Crippen LogP contribution is 2.36. The van der Waals surface area contributed by atoms with Gasteiger partial charge in [0.1, 0.15) is 24.1 Å². The zero-order valence-corrected chi connectivity index (χ0v) is 26.6. The third kappa shape index (κ3) is 6.84. The fourth-order valence-corrected chi connectivity index (χ4v) is 6.15. The van der Waals surface area contributed by atoms with Crippen LogP contribution in [0.2, 0.25) is 5.02 Å². The number of hydrogen-bond acceptors (Lipinski definition) is 9. The highest BCUT2D eigenvalue weighted by Gasteiger charge is 2.35. The highest BCUT2D eigenvalue weighted by atomic mass is 35.5. The van der Waals surface area contributed by atoms with Crippen molar-refractivity contribution in [3.8, 4) is 11.5 Å². The van der Waals surface area contributed by atoms with E-state index in [2.05, 4.69) is 4.99 Å². The lowest BCUT2D eigenvalue weighted by atomic mass is 9.95. The van der Waals surface area contributed by atoms with Gasteiger partial charge in [0.15, 0.2) is 4.80 Å². The van der Waals surface area contributed by atoms with Gasteiger partial charge in [0.25, 0.3) is 11.2 Å². The van der Waals surface area contributed by atoms with Crippen LogP contribution in [0, 0.1) is 10.1 Å². The summed E-state index contributed by atoms with van der Waals surface area (Å²) in [5, 5.41) is 11.4. The maximum Gasteiger partial charge on any atom is 0.338 e. The summed E-state index contributed by atoms with van der Waals surface area (Å²) in [7, 11) is 0. The largest absolute Gasteiger partial charge is 0.491 e. The number of nitro benzene ring substituents is 1. The number of esters is 1. The number of thiazole rings is 1. The van der Waals surface area contributed by atoms with Gasteiger partial charge in [0.2, 0.25) is 0 Å². The van der Waals surface area contributed by atoms with Crippen molar-refractivity contribution in [3.05, 3.63) is 130 Å². The maximum atomic E-state index is 14.2. The molecule has 0 amide bonds. The third-order valence-corrected chi connectivity index (χ3v) is 8.11. The number of ether oxygens (including phenoxy) is 3. The van der Waals surface area contributed by atoms with Gasteiger partial charge >= 0.3 is 5.97 Å². The molecule has 1 aliphatic rings. The van der Waals surface area contributed by atoms with E-state index in [9.17, 15) is 19.7 Å². The van der Waals surface area contributed by atoms with Crippen molar-refractivity contribution in [3.63, 3.8) is 0 Å². The normalized spacial score (nSPS) is 14.6. The molecule has 0 saturated heterocycles. The molecule has 4 aromatic rings. The molecule has 10 nitrogen and oxygen atoms in total. The Bertz CT molecular complexity index is 1980. The van der Waals surface area contributed by atoms with Crippen LogP contribution in [0.25, 0.3) is 6.08 Å². The molecule has 45 heavy (non-hydrogen) atoms. The molecule has 2 heterocycles. The van der Waals surface area contributed by atoms with E-state index in [-0.39, 0.29) is 36.1 Å². The smallest absolute Gasteiger partial charge is 0.338 e. The number of aromatic nitrogens is 1. The summed E-state index contributed by atoms with van der Waals surface area (Å²) in [4.78, 5) is 43.1. The van der Waals surface area contributed by atoms with E-state index < -0.39 is 16.9 Å². The van der Waals surface area contributed by atoms with Crippen LogP contribution in [-0.4, -0.2) is 28.2 Å². The fraction of sp³-hybridized carbons (Fsp3) is 0.242. The summed E-state index contributed by atoms with van der Waals surface area (Å²) >= 11 is 7.52. The van der Waals surface area contributed by atoms with Gasteiger partial charge in [-0.05, 0) is 75.7 Å². The molecule has 0 N–H and O–H groups in total. The Morgan fingerprint density at radius 2 is 1.87 bits per heavy atom. The number of carbonyl (C=O) groups excluding carboxylic acids is 1. The summed E-state index contributed by atoms with van der Waals surface area (Å²) in [5.74, 6) is 0.439. The van der Waals surface area contributed by atoms with E-state index in [0.29, 0.717) is 42.7 Å². The molecule has 0 aliphatic carbocycles. The molecule has 0 unspecified atom stereocenters. The quantitative estimate of drug-likeness (QED) is 0.122. The molecular formula is C33H30ClN3O7S. The summed E-state index contributed by atoms with van der Waals surface area (Å²) in [5.41, 5.74) is 2.23. The summed E-state index contributed by atoms with van der Waals surface area (Å²) in [6, 6.07) is 17.6. The highest BCUT2D eigenvalue weighted by molar-refractivity contribution is 7.07. The van der Waals surface area contributed by atoms with Crippen LogP contribution in [-0.2, 0) is 16.1 Å². The number of nitrogens with zero attached hydrogens (tertiary/aromatic N) is 3. The number of para-hydroxylation sites is 1. The molecule has 12 heteroatoms. The minimum absolute atomic E-state index is 0.0145. The van der Waals surface area contributed by atoms with Crippen LogP contribution in [0.4, 0.5) is 5.69 Å². The molecule has 0 radical (unpaired) electrons. The number of rotatable bonds is 10. The number of non-ortho nitro benzene ring substituents is 1. The first-order valence-corrected chi connectivity index (χ1v) is 15.4. The number of fused-ring (bicyclic) bond motifs is 1. The van der Waals surface area contributed by atoms with Crippen molar-refractivity contribution >= 4 is 40.7 Å². The van der Waals surface area contributed by atoms with Gasteiger partial charge in [-0.2, -0.15) is 0 Å². The molecule has 0 fully saturated rings. The van der Waals surface area contributed by atoms with Crippen molar-refractivity contribution in [2.75, 3.05) is 6.61 Å². The number of halogens is 1. The number of benzene rings is 3. The monoisotopic (exact) mass is 647 g/mol. The number of nitro groups is 1. The predicted molar refractivity (Wildman–Crippen MR) is 171 cm³/mol. The molecule has 0 bridgehead atoms. The minimum atomic E-state index is -0.838. The van der Waals surface area contributed by atoms with E-state index >= 15 is 0 Å². The van der Waals surface area contributed by atoms with Gasteiger partial charge in [-0.3, -0.25) is 19.5 Å². The standard InChI is InChI=1S/C33H30ClN3O7S/c1-5-42-32(39)29-20(4)35-33-36(30(29)25-8-6-7-9-27(25)44-19(2)3)31(38)28(45-33)17-22-16-23(34)12-15-26(22)43-18-21-10-13-24(14-11-21)37(40)41/h6-17,19,30H,5,18H2,1-4H3/b28-17-/t30-/m1/s1. The zero-order chi connectivity index (χ0) is 32.2. The molecule has 1 aromatic heterocycles. The lowest BCUT2D eigenvalue weighted by molar-refractivity contribution is -0.384. The number of hydrogen-bond donors (Lipinski definition) is 0. The van der Waals surface area contributed by atoms with Crippen molar-refractivity contribution in [1.29, 1.82) is 0 Å². The van der Waals surface area contributed by atoms with Crippen LogP contribution in [0.3, 0.4) is 0 Å². The molecule has 232 valence electrons. The number of allylic oxidation sites excluding steroid dienone is 1. The van der Waals surface area contributed by atoms with E-state index in [1.54, 1.807) is 50.3 Å². The topological polar surface area (TPSA) is 122 Å². The van der Waals surface area contributed by atoms with Crippen molar-refractivity contribution < 1.29 is 23.9 Å². The molecule has 5 rings (SSSR count). The SMILES string of the molecule is CCOC(=O)C1=C(C)N=c2s/c(=C\c3cc(Cl)ccc3OCc3ccc([N+](=O)[O-])cc3)c(=O)n2[C@@H]1c1ccccc1OC(C)C. The summed E-state index contributed by atoms with van der Waals surface area (Å²) < 4.78 is 19.4. The van der Waals surface area contributed by atoms with Crippen molar-refractivity contribution in [2.24, 2.45) is 4.99 Å². The Morgan fingerprint density at radius 3 is 2.56 bits per heavy atom. The second-order valence-electron chi connectivity index (χ2n) is 10.4. The summed E-state index contributed by atoms with van der Waals surface area (Å²) in [6.07, 6.45) is 1.53. The van der Waals surface area contributed by atoms with Crippen LogP contribution in [0.5, 0.6) is 11.5 Å². The van der Waals surface area contributed by atoms with Gasteiger partial charge in [0.05, 0.1) is 33.4 Å². The van der Waals surface area contributed by atoms with E-state index in [1.807, 2.05) is 38.1 Å². The molecule has 0 spiro atoms. The lowest BCUT2D eigenvalue weighted by Crippen LogP contribution is -2.40. The second kappa shape index (κ2) is 13.5. The van der Waals surface area contributed by atoms with Gasteiger partial charge in [-0.15, -0.1) is 0 Å². The van der Waals surface area contributed by atoms with E-state index in [1.165, 1.54) is 28.0 Å². The molecule has 1 atom stereocenters.